The molecular formula is C16H26N2O5. The molecule has 7 heteroatoms. The van der Waals surface area contributed by atoms with Crippen LogP contribution in [-0.4, -0.2) is 57.4 Å². The fourth-order valence-electron chi connectivity index (χ4n) is 2.40. The fraction of sp³-hybridized carbons (Fsp3) is 0.625. The number of methoxy groups -OCH3 is 4. The Hall–Kier alpha value is -1.54. The Morgan fingerprint density at radius 1 is 1.17 bits per heavy atom. The average Bonchev–Trinajstić information content (AvgIpc) is 2.60. The van der Waals surface area contributed by atoms with Crippen LogP contribution in [0.5, 0.6) is 0 Å². The van der Waals surface area contributed by atoms with E-state index >= 15 is 0 Å². The van der Waals surface area contributed by atoms with E-state index in [2.05, 4.69) is 10.3 Å². The lowest BCUT2D eigenvalue weighted by Gasteiger charge is -2.40. The summed E-state index contributed by atoms with van der Waals surface area (Å²) in [6.45, 7) is 1.74. The summed E-state index contributed by atoms with van der Waals surface area (Å²) in [4.78, 5) is 15.3. The highest BCUT2D eigenvalue weighted by Gasteiger charge is 2.42. The van der Waals surface area contributed by atoms with Crippen LogP contribution in [0.2, 0.25) is 0 Å². The van der Waals surface area contributed by atoms with Crippen LogP contribution in [0.25, 0.3) is 0 Å². The molecule has 1 atom stereocenters. The topological polar surface area (TPSA) is 78.9 Å². The first-order valence-corrected chi connectivity index (χ1v) is 7.29. The Balaban J connectivity index is 3.04. The monoisotopic (exact) mass is 326 g/mol. The first-order chi connectivity index (χ1) is 11.0. The van der Waals surface area contributed by atoms with E-state index in [-0.39, 0.29) is 0 Å². The van der Waals surface area contributed by atoms with Crippen LogP contribution in [0.4, 0.5) is 0 Å². The van der Waals surface area contributed by atoms with Crippen LogP contribution in [0, 0.1) is 0 Å². The second-order valence-corrected chi connectivity index (χ2v) is 5.28. The number of carbonyl (C=O) groups is 1. The van der Waals surface area contributed by atoms with Gasteiger partial charge in [0.15, 0.2) is 11.6 Å². The molecule has 0 aliphatic heterocycles. The maximum atomic E-state index is 11.0. The van der Waals surface area contributed by atoms with Gasteiger partial charge in [0.1, 0.15) is 0 Å². The van der Waals surface area contributed by atoms with Crippen molar-refractivity contribution in [1.82, 2.24) is 10.3 Å². The predicted molar refractivity (Wildman–Crippen MR) is 84.7 cm³/mol. The van der Waals surface area contributed by atoms with E-state index in [1.54, 1.807) is 27.3 Å². The first-order valence-electron chi connectivity index (χ1n) is 7.29. The largest absolute Gasteiger partial charge is 0.353 e. The lowest BCUT2D eigenvalue weighted by Crippen LogP contribution is -2.56. The lowest BCUT2D eigenvalue weighted by atomic mass is 9.95. The second-order valence-electron chi connectivity index (χ2n) is 5.28. The van der Waals surface area contributed by atoms with Crippen molar-refractivity contribution in [3.05, 3.63) is 30.1 Å². The molecule has 0 bridgehead atoms. The van der Waals surface area contributed by atoms with Gasteiger partial charge in [-0.1, -0.05) is 6.07 Å². The summed E-state index contributed by atoms with van der Waals surface area (Å²) in [5.41, 5.74) is 0.817. The van der Waals surface area contributed by atoms with E-state index in [4.69, 9.17) is 18.9 Å². The number of carbonyl (C=O) groups excluding carboxylic acids is 1. The van der Waals surface area contributed by atoms with Crippen molar-refractivity contribution < 1.29 is 23.7 Å². The smallest absolute Gasteiger partial charge is 0.207 e. The van der Waals surface area contributed by atoms with Gasteiger partial charge in [-0.2, -0.15) is 0 Å². The van der Waals surface area contributed by atoms with Crippen molar-refractivity contribution in [2.45, 2.75) is 37.4 Å². The standard InChI is InChI=1S/C16H26N2O5/c1-15(20-2,21-3)14(18-12-19)11-16(22-4,23-5)10-13-8-6-7-9-17-13/h6-9,12,14H,10-11H2,1-5H3,(H,18,19). The van der Waals surface area contributed by atoms with E-state index < -0.39 is 17.6 Å². The number of pyridine rings is 1. The zero-order chi connectivity index (χ0) is 17.3. The Bertz CT molecular complexity index is 461. The average molecular weight is 326 g/mol. The third kappa shape index (κ3) is 4.97. The third-order valence-electron chi connectivity index (χ3n) is 4.15. The van der Waals surface area contributed by atoms with E-state index in [1.165, 1.54) is 14.2 Å². The molecule has 1 aromatic heterocycles. The summed E-state index contributed by atoms with van der Waals surface area (Å²) in [5.74, 6) is -2.00. The normalized spacial score (nSPS) is 13.6. The minimum Gasteiger partial charge on any atom is -0.353 e. The van der Waals surface area contributed by atoms with E-state index in [0.29, 0.717) is 19.3 Å². The van der Waals surface area contributed by atoms with Crippen LogP contribution in [0.15, 0.2) is 24.4 Å². The SMILES string of the molecule is COC(Cc1ccccn1)(CC(NC=O)C(C)(OC)OC)OC. The van der Waals surface area contributed by atoms with Crippen LogP contribution in [0.3, 0.4) is 0 Å². The quantitative estimate of drug-likeness (QED) is 0.485. The first kappa shape index (κ1) is 19.5. The molecule has 1 amide bonds. The molecule has 0 radical (unpaired) electrons. The summed E-state index contributed by atoms with van der Waals surface area (Å²) in [5, 5.41) is 2.72. The van der Waals surface area contributed by atoms with Crippen molar-refractivity contribution in [3.8, 4) is 0 Å². The molecule has 0 aliphatic carbocycles. The van der Waals surface area contributed by atoms with Gasteiger partial charge in [-0.05, 0) is 19.1 Å². The molecule has 1 aromatic rings. The van der Waals surface area contributed by atoms with Gasteiger partial charge in [0, 0.05) is 53.2 Å². The third-order valence-corrected chi connectivity index (χ3v) is 4.15. The number of amides is 1. The summed E-state index contributed by atoms with van der Waals surface area (Å²) < 4.78 is 22.1. The zero-order valence-corrected chi connectivity index (χ0v) is 14.4. The van der Waals surface area contributed by atoms with E-state index in [0.717, 1.165) is 5.69 Å². The molecule has 0 aliphatic rings. The molecule has 1 rings (SSSR count). The van der Waals surface area contributed by atoms with E-state index in [9.17, 15) is 4.79 Å². The van der Waals surface area contributed by atoms with Crippen LogP contribution in [-0.2, 0) is 30.2 Å². The van der Waals surface area contributed by atoms with Crippen molar-refractivity contribution in [3.63, 3.8) is 0 Å². The Morgan fingerprint density at radius 2 is 1.83 bits per heavy atom. The molecule has 0 saturated carbocycles. The number of rotatable bonds is 11. The maximum Gasteiger partial charge on any atom is 0.207 e. The minimum absolute atomic E-state index is 0.313. The van der Waals surface area contributed by atoms with Gasteiger partial charge in [-0.25, -0.2) is 0 Å². The molecule has 23 heavy (non-hydrogen) atoms. The predicted octanol–water partition coefficient (Wildman–Crippen LogP) is 1.13. The number of aromatic nitrogens is 1. The van der Waals surface area contributed by atoms with Gasteiger partial charge in [-0.15, -0.1) is 0 Å². The number of nitrogens with one attached hydrogen (secondary N) is 1. The van der Waals surface area contributed by atoms with Gasteiger partial charge in [0.05, 0.1) is 6.04 Å². The minimum atomic E-state index is -1.02. The van der Waals surface area contributed by atoms with Gasteiger partial charge >= 0.3 is 0 Å². The summed E-state index contributed by atoms with van der Waals surface area (Å²) in [6.07, 6.45) is 3.05. The molecule has 0 aromatic carbocycles. The number of hydrogen-bond acceptors (Lipinski definition) is 6. The Morgan fingerprint density at radius 3 is 2.26 bits per heavy atom. The van der Waals surface area contributed by atoms with Gasteiger partial charge in [-0.3, -0.25) is 9.78 Å². The molecule has 0 spiro atoms. The van der Waals surface area contributed by atoms with E-state index in [1.807, 2.05) is 18.2 Å². The molecule has 7 nitrogen and oxygen atoms in total. The number of hydrogen-bond donors (Lipinski definition) is 1. The molecule has 0 saturated heterocycles. The highest BCUT2D eigenvalue weighted by Crippen LogP contribution is 2.29. The van der Waals surface area contributed by atoms with Crippen LogP contribution < -0.4 is 5.32 Å². The highest BCUT2D eigenvalue weighted by molar-refractivity contribution is 5.47. The lowest BCUT2D eigenvalue weighted by molar-refractivity contribution is -0.253. The summed E-state index contributed by atoms with van der Waals surface area (Å²) in [7, 11) is 6.15. The zero-order valence-electron chi connectivity index (χ0n) is 14.4. The van der Waals surface area contributed by atoms with Gasteiger partial charge in [0.25, 0.3) is 0 Å². The van der Waals surface area contributed by atoms with Crippen LogP contribution >= 0.6 is 0 Å². The Labute approximate surface area is 137 Å². The second kappa shape index (κ2) is 8.93. The molecule has 0 fully saturated rings. The number of ether oxygens (including phenoxy) is 4. The summed E-state index contributed by atoms with van der Waals surface area (Å²) in [6, 6.07) is 5.14. The fourth-order valence-corrected chi connectivity index (χ4v) is 2.40. The molecular weight excluding hydrogens is 300 g/mol. The van der Waals surface area contributed by atoms with Gasteiger partial charge in [0.2, 0.25) is 6.41 Å². The van der Waals surface area contributed by atoms with Crippen molar-refractivity contribution in [2.24, 2.45) is 0 Å². The van der Waals surface area contributed by atoms with Crippen molar-refractivity contribution in [1.29, 1.82) is 0 Å². The highest BCUT2D eigenvalue weighted by atomic mass is 16.7. The summed E-state index contributed by atoms with van der Waals surface area (Å²) >= 11 is 0. The number of nitrogens with zero attached hydrogens (tertiary/aromatic N) is 1. The molecule has 1 N–H and O–H groups in total. The Kier molecular flexibility index (Phi) is 7.57. The van der Waals surface area contributed by atoms with Gasteiger partial charge < -0.3 is 24.3 Å². The molecule has 130 valence electrons. The molecule has 1 heterocycles. The molecule has 1 unspecified atom stereocenters. The van der Waals surface area contributed by atoms with Crippen LogP contribution in [0.1, 0.15) is 19.0 Å². The van der Waals surface area contributed by atoms with Crippen molar-refractivity contribution >= 4 is 6.41 Å². The van der Waals surface area contributed by atoms with Crippen molar-refractivity contribution in [2.75, 3.05) is 28.4 Å². The maximum absolute atomic E-state index is 11.0.